The highest BCUT2D eigenvalue weighted by Crippen LogP contribution is 2.31. The second-order valence-corrected chi connectivity index (χ2v) is 8.12. The molecule has 1 heterocycles. The van der Waals surface area contributed by atoms with Crippen molar-refractivity contribution in [3.63, 3.8) is 0 Å². The van der Waals surface area contributed by atoms with E-state index in [9.17, 15) is 4.79 Å². The number of ether oxygens (including phenoxy) is 1. The quantitative estimate of drug-likeness (QED) is 0.282. The molecule has 5 aromatic rings. The minimum absolute atomic E-state index is 0.165. The Kier molecular flexibility index (Phi) is 6.39. The van der Waals surface area contributed by atoms with Crippen LogP contribution in [0.5, 0.6) is 5.75 Å². The number of pyridine rings is 1. The number of fused-ring (bicyclic) bond motifs is 1. The van der Waals surface area contributed by atoms with E-state index in [-0.39, 0.29) is 5.91 Å². The van der Waals surface area contributed by atoms with E-state index in [1.165, 1.54) is 0 Å². The first-order chi connectivity index (χ1) is 17.2. The van der Waals surface area contributed by atoms with E-state index in [0.717, 1.165) is 44.7 Å². The van der Waals surface area contributed by atoms with Crippen LogP contribution < -0.4 is 15.4 Å². The van der Waals surface area contributed by atoms with Gasteiger partial charge in [0.25, 0.3) is 5.91 Å². The Morgan fingerprint density at radius 2 is 1.66 bits per heavy atom. The smallest absolute Gasteiger partial charge is 0.256 e. The van der Waals surface area contributed by atoms with Crippen LogP contribution in [0.25, 0.3) is 22.0 Å². The van der Waals surface area contributed by atoms with E-state index in [2.05, 4.69) is 21.7 Å². The number of para-hydroxylation sites is 3. The Morgan fingerprint density at radius 1 is 0.857 bits per heavy atom. The molecule has 0 saturated heterocycles. The molecule has 0 spiro atoms. The first-order valence-electron chi connectivity index (χ1n) is 11.4. The topological polar surface area (TPSA) is 63.2 Å². The molecule has 0 fully saturated rings. The fraction of sp³-hybridized carbons (Fsp3) is 0.0667. The van der Waals surface area contributed by atoms with Crippen molar-refractivity contribution in [2.24, 2.45) is 0 Å². The van der Waals surface area contributed by atoms with Gasteiger partial charge in [-0.2, -0.15) is 0 Å². The van der Waals surface area contributed by atoms with Crippen LogP contribution in [0, 0.1) is 0 Å². The number of carbonyl (C=O) groups is 1. The van der Waals surface area contributed by atoms with Crippen molar-refractivity contribution in [3.8, 4) is 16.9 Å². The molecule has 0 radical (unpaired) electrons. The van der Waals surface area contributed by atoms with Crippen molar-refractivity contribution >= 4 is 28.2 Å². The highest BCUT2D eigenvalue weighted by atomic mass is 16.5. The zero-order valence-corrected chi connectivity index (χ0v) is 19.4. The monoisotopic (exact) mass is 459 g/mol. The molecule has 0 unspecified atom stereocenters. The van der Waals surface area contributed by atoms with Crippen molar-refractivity contribution in [1.82, 2.24) is 4.98 Å². The van der Waals surface area contributed by atoms with Gasteiger partial charge in [-0.1, -0.05) is 66.7 Å². The van der Waals surface area contributed by atoms with Crippen LogP contribution in [-0.4, -0.2) is 18.0 Å². The normalized spacial score (nSPS) is 10.7. The molecular formula is C30H25N3O2. The van der Waals surface area contributed by atoms with Crippen LogP contribution in [-0.2, 0) is 6.54 Å². The van der Waals surface area contributed by atoms with Crippen molar-refractivity contribution < 1.29 is 9.53 Å². The standard InChI is InChI=1S/C30H25N3O2/c1-35-29-16-7-2-9-22(29)20-32-23-11-8-10-21(19-23)24-12-3-6-15-28(24)33-30(34)26-17-18-31-27-14-5-4-13-25(26)27/h2-19,32H,20H2,1H3,(H,33,34). The molecule has 1 aromatic heterocycles. The number of anilines is 2. The average molecular weight is 460 g/mol. The maximum atomic E-state index is 13.2. The van der Waals surface area contributed by atoms with E-state index < -0.39 is 0 Å². The lowest BCUT2D eigenvalue weighted by atomic mass is 10.0. The Bertz CT molecular complexity index is 1490. The van der Waals surface area contributed by atoms with E-state index >= 15 is 0 Å². The van der Waals surface area contributed by atoms with Crippen molar-refractivity contribution in [1.29, 1.82) is 0 Å². The molecule has 0 aliphatic carbocycles. The molecule has 0 atom stereocenters. The molecule has 1 amide bonds. The van der Waals surface area contributed by atoms with Crippen LogP contribution in [0.15, 0.2) is 109 Å². The SMILES string of the molecule is COc1ccccc1CNc1cccc(-c2ccccc2NC(=O)c2ccnc3ccccc23)c1. The largest absolute Gasteiger partial charge is 0.496 e. The second kappa shape index (κ2) is 10.1. The molecular weight excluding hydrogens is 434 g/mol. The summed E-state index contributed by atoms with van der Waals surface area (Å²) < 4.78 is 5.46. The van der Waals surface area contributed by atoms with Gasteiger partial charge in [-0.3, -0.25) is 9.78 Å². The van der Waals surface area contributed by atoms with Crippen LogP contribution in [0.1, 0.15) is 15.9 Å². The molecule has 4 aromatic carbocycles. The molecule has 5 rings (SSSR count). The van der Waals surface area contributed by atoms with Gasteiger partial charge in [0.05, 0.1) is 18.2 Å². The minimum Gasteiger partial charge on any atom is -0.496 e. The number of rotatable bonds is 7. The van der Waals surface area contributed by atoms with Gasteiger partial charge in [-0.15, -0.1) is 0 Å². The van der Waals surface area contributed by atoms with Crippen LogP contribution in [0.4, 0.5) is 11.4 Å². The summed E-state index contributed by atoms with van der Waals surface area (Å²) in [6.07, 6.45) is 1.67. The van der Waals surface area contributed by atoms with Crippen LogP contribution in [0.2, 0.25) is 0 Å². The summed E-state index contributed by atoms with van der Waals surface area (Å²) in [6.45, 7) is 0.640. The van der Waals surface area contributed by atoms with Gasteiger partial charge in [0.15, 0.2) is 0 Å². The fourth-order valence-corrected chi connectivity index (χ4v) is 4.17. The summed E-state index contributed by atoms with van der Waals surface area (Å²) in [6, 6.07) is 33.4. The molecule has 172 valence electrons. The van der Waals surface area contributed by atoms with Crippen LogP contribution >= 0.6 is 0 Å². The minimum atomic E-state index is -0.165. The number of hydrogen-bond acceptors (Lipinski definition) is 4. The zero-order valence-electron chi connectivity index (χ0n) is 19.4. The molecule has 0 aliphatic heterocycles. The first kappa shape index (κ1) is 22.2. The summed E-state index contributed by atoms with van der Waals surface area (Å²) >= 11 is 0. The summed E-state index contributed by atoms with van der Waals surface area (Å²) in [5, 5.41) is 7.41. The maximum Gasteiger partial charge on any atom is 0.256 e. The van der Waals surface area contributed by atoms with Gasteiger partial charge in [0.2, 0.25) is 0 Å². The second-order valence-electron chi connectivity index (χ2n) is 8.12. The summed E-state index contributed by atoms with van der Waals surface area (Å²) in [5.74, 6) is 0.689. The number of amides is 1. The van der Waals surface area contributed by atoms with Crippen LogP contribution in [0.3, 0.4) is 0 Å². The Hall–Kier alpha value is -4.64. The highest BCUT2D eigenvalue weighted by Gasteiger charge is 2.13. The fourth-order valence-electron chi connectivity index (χ4n) is 4.17. The van der Waals surface area contributed by atoms with E-state index in [4.69, 9.17) is 4.74 Å². The van der Waals surface area contributed by atoms with E-state index in [1.807, 2.05) is 91.0 Å². The number of aromatic nitrogens is 1. The van der Waals surface area contributed by atoms with E-state index in [0.29, 0.717) is 12.1 Å². The third kappa shape index (κ3) is 4.84. The third-order valence-corrected chi connectivity index (χ3v) is 5.92. The number of hydrogen-bond donors (Lipinski definition) is 2. The van der Waals surface area contributed by atoms with E-state index in [1.54, 1.807) is 19.4 Å². The molecule has 5 nitrogen and oxygen atoms in total. The zero-order chi connectivity index (χ0) is 24.0. The van der Waals surface area contributed by atoms with Gasteiger partial charge in [0.1, 0.15) is 5.75 Å². The highest BCUT2D eigenvalue weighted by molar-refractivity contribution is 6.13. The lowest BCUT2D eigenvalue weighted by molar-refractivity contribution is 0.102. The summed E-state index contributed by atoms with van der Waals surface area (Å²) in [7, 11) is 1.68. The average Bonchev–Trinajstić information content (AvgIpc) is 2.92. The number of nitrogens with one attached hydrogen (secondary N) is 2. The van der Waals surface area contributed by atoms with Gasteiger partial charge in [-0.05, 0) is 42.0 Å². The molecule has 0 bridgehead atoms. The van der Waals surface area contributed by atoms with Gasteiger partial charge in [0, 0.05) is 40.6 Å². The third-order valence-electron chi connectivity index (χ3n) is 5.92. The summed E-state index contributed by atoms with van der Waals surface area (Å²) in [5.41, 5.74) is 6.15. The molecule has 0 saturated carbocycles. The van der Waals surface area contributed by atoms with Gasteiger partial charge >= 0.3 is 0 Å². The molecule has 2 N–H and O–H groups in total. The number of carbonyl (C=O) groups excluding carboxylic acids is 1. The first-order valence-corrected chi connectivity index (χ1v) is 11.4. The lowest BCUT2D eigenvalue weighted by Crippen LogP contribution is -2.13. The molecule has 0 aliphatic rings. The van der Waals surface area contributed by atoms with Gasteiger partial charge < -0.3 is 15.4 Å². The number of nitrogens with zero attached hydrogens (tertiary/aromatic N) is 1. The number of methoxy groups -OCH3 is 1. The summed E-state index contributed by atoms with van der Waals surface area (Å²) in [4.78, 5) is 17.6. The van der Waals surface area contributed by atoms with Gasteiger partial charge in [-0.25, -0.2) is 0 Å². The molecule has 5 heteroatoms. The van der Waals surface area contributed by atoms with Crippen molar-refractivity contribution in [2.75, 3.05) is 17.7 Å². The Labute approximate surface area is 204 Å². The van der Waals surface area contributed by atoms with Crippen molar-refractivity contribution in [3.05, 3.63) is 120 Å². The maximum absolute atomic E-state index is 13.2. The Balaban J connectivity index is 1.40. The number of benzene rings is 4. The predicted molar refractivity (Wildman–Crippen MR) is 142 cm³/mol. The van der Waals surface area contributed by atoms with Crippen molar-refractivity contribution in [2.45, 2.75) is 6.54 Å². The molecule has 35 heavy (non-hydrogen) atoms. The predicted octanol–water partition coefficient (Wildman–Crippen LogP) is 6.77. The Morgan fingerprint density at radius 3 is 2.57 bits per heavy atom. The lowest BCUT2D eigenvalue weighted by Gasteiger charge is -2.14.